The third-order valence-corrected chi connectivity index (χ3v) is 3.68. The first-order valence-corrected chi connectivity index (χ1v) is 7.42. The summed E-state index contributed by atoms with van der Waals surface area (Å²) >= 11 is 0. The molecular formula is C19H14N4. The first kappa shape index (κ1) is 13.5. The van der Waals surface area contributed by atoms with Gasteiger partial charge in [0.25, 0.3) is 0 Å². The maximum Gasteiger partial charge on any atom is 0.126 e. The van der Waals surface area contributed by atoms with Crippen LogP contribution in [-0.2, 0) is 0 Å². The smallest absolute Gasteiger partial charge is 0.126 e. The molecule has 0 radical (unpaired) electrons. The number of pyridine rings is 2. The molecule has 4 rings (SSSR count). The predicted octanol–water partition coefficient (Wildman–Crippen LogP) is 4.06. The van der Waals surface area contributed by atoms with Gasteiger partial charge in [-0.05, 0) is 37.3 Å². The van der Waals surface area contributed by atoms with E-state index in [1.54, 1.807) is 6.20 Å². The fraction of sp³-hybridized carbons (Fsp3) is 0.0526. The number of aryl methyl sites for hydroxylation is 1. The summed E-state index contributed by atoms with van der Waals surface area (Å²) in [6.07, 6.45) is 3.62. The summed E-state index contributed by atoms with van der Waals surface area (Å²) in [7, 11) is 0. The van der Waals surface area contributed by atoms with Crippen molar-refractivity contribution in [2.45, 2.75) is 6.92 Å². The van der Waals surface area contributed by atoms with Crippen LogP contribution in [0.4, 0.5) is 0 Å². The van der Waals surface area contributed by atoms with E-state index in [0.29, 0.717) is 0 Å². The molecule has 23 heavy (non-hydrogen) atoms. The molecule has 4 aromatic rings. The lowest BCUT2D eigenvalue weighted by Crippen LogP contribution is -1.95. The lowest BCUT2D eigenvalue weighted by molar-refractivity contribution is 1.09. The van der Waals surface area contributed by atoms with E-state index in [1.165, 1.54) is 0 Å². The highest BCUT2D eigenvalue weighted by atomic mass is 14.9. The van der Waals surface area contributed by atoms with Crippen molar-refractivity contribution in [3.05, 3.63) is 72.8 Å². The number of hydrogen-bond donors (Lipinski definition) is 0. The molecule has 110 valence electrons. The molecule has 0 spiro atoms. The van der Waals surface area contributed by atoms with Gasteiger partial charge in [0.2, 0.25) is 0 Å². The number of benzene rings is 1. The summed E-state index contributed by atoms with van der Waals surface area (Å²) < 4.78 is 0. The van der Waals surface area contributed by atoms with E-state index in [2.05, 4.69) is 19.9 Å². The van der Waals surface area contributed by atoms with Crippen molar-refractivity contribution in [2.24, 2.45) is 0 Å². The minimum Gasteiger partial charge on any atom is -0.256 e. The quantitative estimate of drug-likeness (QED) is 0.560. The van der Waals surface area contributed by atoms with Gasteiger partial charge in [0, 0.05) is 23.3 Å². The predicted molar refractivity (Wildman–Crippen MR) is 90.7 cm³/mol. The fourth-order valence-electron chi connectivity index (χ4n) is 2.61. The topological polar surface area (TPSA) is 51.6 Å². The first-order chi connectivity index (χ1) is 11.3. The summed E-state index contributed by atoms with van der Waals surface area (Å²) in [5, 5.41) is 1.01. The van der Waals surface area contributed by atoms with Gasteiger partial charge in [0.15, 0.2) is 0 Å². The number of hydrogen-bond acceptors (Lipinski definition) is 4. The van der Waals surface area contributed by atoms with E-state index >= 15 is 0 Å². The summed E-state index contributed by atoms with van der Waals surface area (Å²) in [5.41, 5.74) is 4.54. The Hall–Kier alpha value is -3.14. The van der Waals surface area contributed by atoms with Crippen molar-refractivity contribution in [1.29, 1.82) is 0 Å². The SMILES string of the molecule is Cc1nc(-c2ccc(-c3ccccn3)cn2)c2ccccc2n1. The van der Waals surface area contributed by atoms with Crippen LogP contribution in [0.15, 0.2) is 67.0 Å². The third-order valence-electron chi connectivity index (χ3n) is 3.68. The molecule has 0 aliphatic rings. The minimum absolute atomic E-state index is 0.745. The van der Waals surface area contributed by atoms with Crippen LogP contribution in [0.2, 0.25) is 0 Å². The zero-order valence-electron chi connectivity index (χ0n) is 12.6. The van der Waals surface area contributed by atoms with Gasteiger partial charge in [-0.2, -0.15) is 0 Å². The summed E-state index contributed by atoms with van der Waals surface area (Å²) in [4.78, 5) is 18.0. The van der Waals surface area contributed by atoms with Crippen molar-refractivity contribution >= 4 is 10.9 Å². The molecule has 4 heteroatoms. The maximum atomic E-state index is 4.59. The molecule has 0 saturated carbocycles. The first-order valence-electron chi connectivity index (χ1n) is 7.42. The highest BCUT2D eigenvalue weighted by Gasteiger charge is 2.09. The van der Waals surface area contributed by atoms with Gasteiger partial charge in [0.05, 0.1) is 16.9 Å². The van der Waals surface area contributed by atoms with Crippen molar-refractivity contribution in [1.82, 2.24) is 19.9 Å². The van der Waals surface area contributed by atoms with Gasteiger partial charge in [-0.25, -0.2) is 9.97 Å². The van der Waals surface area contributed by atoms with Crippen LogP contribution in [0.5, 0.6) is 0 Å². The van der Waals surface area contributed by atoms with Gasteiger partial charge >= 0.3 is 0 Å². The Kier molecular flexibility index (Phi) is 3.27. The van der Waals surface area contributed by atoms with Crippen LogP contribution in [0.1, 0.15) is 5.82 Å². The Labute approximate surface area is 133 Å². The highest BCUT2D eigenvalue weighted by molar-refractivity contribution is 5.91. The monoisotopic (exact) mass is 298 g/mol. The average Bonchev–Trinajstić information content (AvgIpc) is 2.62. The van der Waals surface area contributed by atoms with Gasteiger partial charge < -0.3 is 0 Å². The number of para-hydroxylation sites is 1. The van der Waals surface area contributed by atoms with Gasteiger partial charge in [-0.1, -0.05) is 24.3 Å². The normalized spacial score (nSPS) is 10.8. The lowest BCUT2D eigenvalue weighted by Gasteiger charge is -2.07. The Morgan fingerprint density at radius 2 is 1.61 bits per heavy atom. The lowest BCUT2D eigenvalue weighted by atomic mass is 10.1. The molecule has 0 bridgehead atoms. The van der Waals surface area contributed by atoms with Crippen LogP contribution >= 0.6 is 0 Å². The van der Waals surface area contributed by atoms with E-state index in [0.717, 1.165) is 39.4 Å². The van der Waals surface area contributed by atoms with Gasteiger partial charge in [0.1, 0.15) is 11.5 Å². The molecule has 0 fully saturated rings. The minimum atomic E-state index is 0.745. The van der Waals surface area contributed by atoms with Crippen LogP contribution in [0, 0.1) is 6.92 Å². The van der Waals surface area contributed by atoms with Crippen LogP contribution < -0.4 is 0 Å². The summed E-state index contributed by atoms with van der Waals surface area (Å²) in [6, 6.07) is 17.9. The summed E-state index contributed by atoms with van der Waals surface area (Å²) in [6.45, 7) is 1.90. The molecule has 0 atom stereocenters. The molecular weight excluding hydrogens is 284 g/mol. The van der Waals surface area contributed by atoms with Crippen molar-refractivity contribution < 1.29 is 0 Å². The molecule has 0 unspecified atom stereocenters. The largest absolute Gasteiger partial charge is 0.256 e. The van der Waals surface area contributed by atoms with Crippen LogP contribution in [0.3, 0.4) is 0 Å². The van der Waals surface area contributed by atoms with E-state index in [-0.39, 0.29) is 0 Å². The second kappa shape index (κ2) is 5.57. The second-order valence-corrected chi connectivity index (χ2v) is 5.28. The van der Waals surface area contributed by atoms with E-state index in [9.17, 15) is 0 Å². The second-order valence-electron chi connectivity index (χ2n) is 5.28. The summed E-state index contributed by atoms with van der Waals surface area (Å²) in [5.74, 6) is 0.745. The Morgan fingerprint density at radius 1 is 0.739 bits per heavy atom. The Bertz CT molecular complexity index is 963. The van der Waals surface area contributed by atoms with Crippen LogP contribution in [0.25, 0.3) is 33.5 Å². The number of aromatic nitrogens is 4. The Balaban J connectivity index is 1.83. The number of nitrogens with zero attached hydrogens (tertiary/aromatic N) is 4. The van der Waals surface area contributed by atoms with Gasteiger partial charge in [-0.15, -0.1) is 0 Å². The van der Waals surface area contributed by atoms with Gasteiger partial charge in [-0.3, -0.25) is 9.97 Å². The molecule has 3 aromatic heterocycles. The standard InChI is InChI=1S/C19H14N4/c1-13-22-17-8-3-2-6-15(17)19(23-13)18-10-9-14(12-21-18)16-7-4-5-11-20-16/h2-12H,1H3. The zero-order chi connectivity index (χ0) is 15.6. The number of rotatable bonds is 2. The molecule has 0 amide bonds. The van der Waals surface area contributed by atoms with E-state index < -0.39 is 0 Å². The maximum absolute atomic E-state index is 4.59. The fourth-order valence-corrected chi connectivity index (χ4v) is 2.61. The average molecular weight is 298 g/mol. The molecule has 3 heterocycles. The van der Waals surface area contributed by atoms with Crippen molar-refractivity contribution in [2.75, 3.05) is 0 Å². The number of fused-ring (bicyclic) bond motifs is 1. The molecule has 0 aliphatic carbocycles. The van der Waals surface area contributed by atoms with Crippen molar-refractivity contribution in [3.63, 3.8) is 0 Å². The highest BCUT2D eigenvalue weighted by Crippen LogP contribution is 2.26. The molecule has 0 aliphatic heterocycles. The zero-order valence-corrected chi connectivity index (χ0v) is 12.6. The van der Waals surface area contributed by atoms with Crippen molar-refractivity contribution in [3.8, 4) is 22.6 Å². The third kappa shape index (κ3) is 2.55. The molecule has 1 aromatic carbocycles. The Morgan fingerprint density at radius 3 is 2.39 bits per heavy atom. The van der Waals surface area contributed by atoms with Crippen LogP contribution in [-0.4, -0.2) is 19.9 Å². The van der Waals surface area contributed by atoms with E-state index in [1.807, 2.05) is 67.7 Å². The van der Waals surface area contributed by atoms with E-state index in [4.69, 9.17) is 0 Å². The molecule has 0 N–H and O–H groups in total. The molecule has 0 saturated heterocycles. The molecule has 4 nitrogen and oxygen atoms in total.